The van der Waals surface area contributed by atoms with E-state index in [1.165, 1.54) is 10.8 Å². The Morgan fingerprint density at radius 2 is 2.15 bits per heavy atom. The van der Waals surface area contributed by atoms with Crippen LogP contribution in [0.25, 0.3) is 5.52 Å². The maximum absolute atomic E-state index is 12.1. The molecule has 12 heteroatoms. The van der Waals surface area contributed by atoms with Crippen molar-refractivity contribution in [3.8, 4) is 6.07 Å². The number of esters is 1. The van der Waals surface area contributed by atoms with Gasteiger partial charge in [0.25, 0.3) is 0 Å². The summed E-state index contributed by atoms with van der Waals surface area (Å²) in [6, 6.07) is 4.58. The molecule has 12 nitrogen and oxygen atoms in total. The van der Waals surface area contributed by atoms with Crippen LogP contribution in [-0.2, 0) is 19.0 Å². The Morgan fingerprint density at radius 1 is 1.41 bits per heavy atom. The van der Waals surface area contributed by atoms with Crippen LogP contribution in [0.1, 0.15) is 45.4 Å². The van der Waals surface area contributed by atoms with Gasteiger partial charge in [-0.05, 0) is 25.0 Å². The van der Waals surface area contributed by atoms with Crippen LogP contribution in [-0.4, -0.2) is 74.6 Å². The first-order valence-corrected chi connectivity index (χ1v) is 11.3. The monoisotopic (exact) mass is 476 g/mol. The number of anilines is 1. The van der Waals surface area contributed by atoms with Crippen molar-refractivity contribution in [2.24, 2.45) is 5.92 Å². The molecule has 0 radical (unpaired) electrons. The number of nitrogens with one attached hydrogen (secondary N) is 1. The summed E-state index contributed by atoms with van der Waals surface area (Å²) >= 11 is 0. The summed E-state index contributed by atoms with van der Waals surface area (Å²) in [5, 5.41) is 38.0. The van der Waals surface area contributed by atoms with Crippen LogP contribution < -0.4 is 11.1 Å². The minimum atomic E-state index is -1.83. The minimum Gasteiger partial charge on any atom is -0.464 e. The molecule has 0 aromatic carbocycles. The molecule has 186 valence electrons. The number of carbonyl (C=O) groups excluding carboxylic acids is 1. The Morgan fingerprint density at radius 3 is 2.82 bits per heavy atom. The third kappa shape index (κ3) is 5.13. The van der Waals surface area contributed by atoms with E-state index in [1.54, 1.807) is 19.1 Å². The highest BCUT2D eigenvalue weighted by Gasteiger charge is 2.56. The third-order valence-corrected chi connectivity index (χ3v) is 6.22. The second kappa shape index (κ2) is 11.1. The van der Waals surface area contributed by atoms with Gasteiger partial charge in [-0.1, -0.05) is 26.7 Å². The zero-order chi connectivity index (χ0) is 24.9. The molecule has 3 rings (SSSR count). The maximum atomic E-state index is 12.1. The molecule has 2 aromatic rings. The fourth-order valence-electron chi connectivity index (χ4n) is 3.79. The van der Waals surface area contributed by atoms with Crippen LogP contribution in [0.15, 0.2) is 18.5 Å². The number of aliphatic hydroxyl groups excluding tert-OH is 2. The molecule has 1 aliphatic heterocycles. The zero-order valence-corrected chi connectivity index (χ0v) is 19.5. The second-order valence-corrected chi connectivity index (χ2v) is 8.41. The maximum Gasteiger partial charge on any atom is 0.322 e. The van der Waals surface area contributed by atoms with Gasteiger partial charge in [0.2, 0.25) is 5.60 Å². The smallest absolute Gasteiger partial charge is 0.322 e. The Labute approximate surface area is 197 Å². The van der Waals surface area contributed by atoms with E-state index >= 15 is 0 Å². The van der Waals surface area contributed by atoms with Crippen LogP contribution in [0.4, 0.5) is 5.82 Å². The summed E-state index contributed by atoms with van der Waals surface area (Å²) in [6.45, 7) is 5.66. The number of fused-ring (bicyclic) bond motifs is 1. The van der Waals surface area contributed by atoms with Crippen molar-refractivity contribution in [1.29, 1.82) is 5.26 Å². The largest absolute Gasteiger partial charge is 0.464 e. The summed E-state index contributed by atoms with van der Waals surface area (Å²) in [4.78, 5) is 16.0. The van der Waals surface area contributed by atoms with Gasteiger partial charge in [-0.15, -0.1) is 0 Å². The number of aromatic nitrogens is 3. The number of nitriles is 1. The van der Waals surface area contributed by atoms with Gasteiger partial charge in [0.1, 0.15) is 42.3 Å². The molecule has 3 heterocycles. The number of rotatable bonds is 11. The van der Waals surface area contributed by atoms with Crippen molar-refractivity contribution < 1.29 is 29.2 Å². The van der Waals surface area contributed by atoms with Crippen molar-refractivity contribution in [3.63, 3.8) is 0 Å². The number of nitrogens with zero attached hydrogens (tertiary/aromatic N) is 4. The Hall–Kier alpha value is -2.82. The van der Waals surface area contributed by atoms with Gasteiger partial charge in [-0.3, -0.25) is 10.1 Å². The topological polar surface area (TPSA) is 177 Å². The molecule has 1 saturated heterocycles. The van der Waals surface area contributed by atoms with Gasteiger partial charge < -0.3 is 30.2 Å². The van der Waals surface area contributed by atoms with Crippen LogP contribution in [0.2, 0.25) is 0 Å². The van der Waals surface area contributed by atoms with Crippen LogP contribution in [0.5, 0.6) is 0 Å². The lowest BCUT2D eigenvalue weighted by Gasteiger charge is -2.24. The standard InChI is InChI=1S/C22H32N6O6/c1-4-14(5-2)8-33-21(31)13(3)26-12-32-10-22(9-23)19(30)17(29)18(34-22)15-6-7-16-20(24)25-11-27-28(15)16/h6-7,11,13-14,17-19,26,29-30H,4-5,8,10,12H2,1-3H3,(H2,24,25,27)/t13-,17+,18+,19+,22-/m1/s1. The SMILES string of the molecule is CCC(CC)COC(=O)[C@@H](C)NCOC[C@@]1(C#N)O[C@@H](c2ccc3c(N)ncnn23)[C@H](O)[C@@H]1O. The van der Waals surface area contributed by atoms with Crippen molar-refractivity contribution in [3.05, 3.63) is 24.2 Å². The molecule has 0 spiro atoms. The average Bonchev–Trinajstić information content (AvgIpc) is 3.38. The lowest BCUT2D eigenvalue weighted by Crippen LogP contribution is -2.47. The quantitative estimate of drug-likeness (QED) is 0.199. The van der Waals surface area contributed by atoms with E-state index in [0.717, 1.165) is 12.8 Å². The van der Waals surface area contributed by atoms with E-state index in [1.807, 2.05) is 19.9 Å². The minimum absolute atomic E-state index is 0.0979. The average molecular weight is 477 g/mol. The highest BCUT2D eigenvalue weighted by molar-refractivity contribution is 5.75. The molecule has 0 aliphatic carbocycles. The van der Waals surface area contributed by atoms with E-state index in [0.29, 0.717) is 23.7 Å². The molecule has 5 atom stereocenters. The number of hydrogen-bond donors (Lipinski definition) is 4. The van der Waals surface area contributed by atoms with Crippen LogP contribution in [0, 0.1) is 17.2 Å². The van der Waals surface area contributed by atoms with E-state index in [9.17, 15) is 20.3 Å². The normalized spacial score (nSPS) is 25.5. The number of ether oxygens (including phenoxy) is 3. The Balaban J connectivity index is 1.58. The first-order valence-electron chi connectivity index (χ1n) is 11.3. The van der Waals surface area contributed by atoms with E-state index in [4.69, 9.17) is 19.9 Å². The summed E-state index contributed by atoms with van der Waals surface area (Å²) in [6.07, 6.45) is -0.896. The number of aliphatic hydroxyl groups is 2. The van der Waals surface area contributed by atoms with Crippen LogP contribution in [0.3, 0.4) is 0 Å². The molecule has 5 N–H and O–H groups in total. The molecular weight excluding hydrogens is 444 g/mol. The molecule has 0 saturated carbocycles. The molecule has 0 unspecified atom stereocenters. The van der Waals surface area contributed by atoms with Crippen molar-refractivity contribution in [2.75, 3.05) is 25.7 Å². The third-order valence-electron chi connectivity index (χ3n) is 6.22. The summed E-state index contributed by atoms with van der Waals surface area (Å²) in [7, 11) is 0. The predicted octanol–water partition coefficient (Wildman–Crippen LogP) is 0.299. The van der Waals surface area contributed by atoms with Crippen molar-refractivity contribution >= 4 is 17.3 Å². The summed E-state index contributed by atoms with van der Waals surface area (Å²) in [5.41, 5.74) is 4.93. The van der Waals surface area contributed by atoms with Gasteiger partial charge in [0.05, 0.1) is 25.6 Å². The summed E-state index contributed by atoms with van der Waals surface area (Å²) in [5.74, 6) is 0.158. The number of nitrogen functional groups attached to an aromatic ring is 1. The predicted molar refractivity (Wildman–Crippen MR) is 120 cm³/mol. The lowest BCUT2D eigenvalue weighted by molar-refractivity contribution is -0.148. The van der Waals surface area contributed by atoms with Crippen molar-refractivity contribution in [1.82, 2.24) is 19.9 Å². The first-order chi connectivity index (χ1) is 16.3. The Bertz CT molecular complexity index is 1020. The van der Waals surface area contributed by atoms with Gasteiger partial charge in [0, 0.05) is 0 Å². The molecule has 1 aliphatic rings. The number of hydrogen-bond acceptors (Lipinski definition) is 11. The first kappa shape index (κ1) is 25.8. The molecular formula is C22H32N6O6. The number of carbonyl (C=O) groups is 1. The van der Waals surface area contributed by atoms with E-state index in [2.05, 4.69) is 15.4 Å². The van der Waals surface area contributed by atoms with Crippen LogP contribution >= 0.6 is 0 Å². The van der Waals surface area contributed by atoms with Gasteiger partial charge >= 0.3 is 5.97 Å². The van der Waals surface area contributed by atoms with Crippen molar-refractivity contribution in [2.45, 2.75) is 63.6 Å². The zero-order valence-electron chi connectivity index (χ0n) is 19.5. The van der Waals surface area contributed by atoms with E-state index in [-0.39, 0.29) is 19.2 Å². The highest BCUT2D eigenvalue weighted by atomic mass is 16.6. The molecule has 34 heavy (non-hydrogen) atoms. The fraction of sp³-hybridized carbons (Fsp3) is 0.636. The van der Waals surface area contributed by atoms with E-state index < -0.39 is 35.9 Å². The number of nitrogens with two attached hydrogens (primary N) is 1. The Kier molecular flexibility index (Phi) is 8.40. The fourth-order valence-corrected chi connectivity index (χ4v) is 3.79. The van der Waals surface area contributed by atoms with Gasteiger partial charge in [0.15, 0.2) is 5.82 Å². The highest BCUT2D eigenvalue weighted by Crippen LogP contribution is 2.40. The molecule has 0 bridgehead atoms. The van der Waals surface area contributed by atoms with Gasteiger partial charge in [-0.25, -0.2) is 9.50 Å². The van der Waals surface area contributed by atoms with Gasteiger partial charge in [-0.2, -0.15) is 10.4 Å². The summed E-state index contributed by atoms with van der Waals surface area (Å²) < 4.78 is 18.1. The molecule has 0 amide bonds. The second-order valence-electron chi connectivity index (χ2n) is 8.41. The lowest BCUT2D eigenvalue weighted by atomic mass is 9.96. The molecule has 1 fully saturated rings. The molecule has 2 aromatic heterocycles.